The molecule has 0 bridgehead atoms. The van der Waals surface area contributed by atoms with Crippen molar-refractivity contribution in [3.05, 3.63) is 41.2 Å². The number of hydrogen-bond donors (Lipinski definition) is 0. The second kappa shape index (κ2) is 4.41. The highest BCUT2D eigenvalue weighted by Crippen LogP contribution is 2.31. The molecule has 1 aromatic carbocycles. The van der Waals surface area contributed by atoms with Crippen LogP contribution in [0.3, 0.4) is 0 Å². The number of hydrogen-bond acceptors (Lipinski definition) is 4. The minimum absolute atomic E-state index is 0.0176. The minimum Gasteiger partial charge on any atom is -0.463 e. The number of esters is 1. The van der Waals surface area contributed by atoms with Crippen LogP contribution in [0.1, 0.15) is 22.8 Å². The Kier molecular flexibility index (Phi) is 2.95. The molecule has 4 heteroatoms. The molecule has 1 heterocycles. The van der Waals surface area contributed by atoms with Gasteiger partial charge in [0, 0.05) is 0 Å². The Morgan fingerprint density at radius 3 is 2.94 bits per heavy atom. The molecule has 88 valence electrons. The van der Waals surface area contributed by atoms with Gasteiger partial charge in [0.15, 0.2) is 5.76 Å². The van der Waals surface area contributed by atoms with Crippen LogP contribution in [-0.4, -0.2) is 18.4 Å². The average Bonchev–Trinajstić information content (AvgIpc) is 2.57. The molecule has 0 N–H and O–H groups in total. The van der Waals surface area contributed by atoms with Crippen LogP contribution < -0.4 is 4.74 Å². The maximum absolute atomic E-state index is 11.9. The molecule has 0 saturated carbocycles. The van der Waals surface area contributed by atoms with Crippen molar-refractivity contribution in [2.45, 2.75) is 13.8 Å². The molecule has 0 aromatic heterocycles. The second-order valence-electron chi connectivity index (χ2n) is 3.69. The Labute approximate surface area is 98.8 Å². The number of Topliss-reactive ketones (excluding diaryl/α,β-unsaturated/α-hetero) is 1. The minimum atomic E-state index is -0.569. The van der Waals surface area contributed by atoms with E-state index in [2.05, 4.69) is 0 Å². The standard InChI is InChI=1S/C13H12O4/c1-3-16-12(14)7-11-13(15)9-6-8(2)4-5-10(9)17-11/h4-7H,3H2,1-2H3/b11-7-. The molecule has 1 aromatic rings. The number of rotatable bonds is 2. The zero-order chi connectivity index (χ0) is 12.4. The van der Waals surface area contributed by atoms with Crippen LogP contribution in [0.4, 0.5) is 0 Å². The molecule has 0 fully saturated rings. The van der Waals surface area contributed by atoms with E-state index < -0.39 is 5.97 Å². The van der Waals surface area contributed by atoms with Crippen molar-refractivity contribution in [2.75, 3.05) is 6.61 Å². The van der Waals surface area contributed by atoms with E-state index >= 15 is 0 Å². The van der Waals surface area contributed by atoms with Gasteiger partial charge in [0.05, 0.1) is 18.2 Å². The monoisotopic (exact) mass is 232 g/mol. The van der Waals surface area contributed by atoms with E-state index in [9.17, 15) is 9.59 Å². The third-order valence-corrected chi connectivity index (χ3v) is 2.36. The molecule has 0 spiro atoms. The topological polar surface area (TPSA) is 52.6 Å². The van der Waals surface area contributed by atoms with Crippen LogP contribution in [0.25, 0.3) is 0 Å². The summed E-state index contributed by atoms with van der Waals surface area (Å²) in [6.07, 6.45) is 1.08. The molecule has 0 saturated heterocycles. The fraction of sp³-hybridized carbons (Fsp3) is 0.231. The Balaban J connectivity index is 2.28. The first kappa shape index (κ1) is 11.4. The lowest BCUT2D eigenvalue weighted by atomic mass is 10.1. The molecule has 17 heavy (non-hydrogen) atoms. The molecule has 2 rings (SSSR count). The van der Waals surface area contributed by atoms with E-state index in [0.29, 0.717) is 11.3 Å². The summed E-state index contributed by atoms with van der Waals surface area (Å²) in [5.41, 5.74) is 1.46. The number of fused-ring (bicyclic) bond motifs is 1. The van der Waals surface area contributed by atoms with Crippen molar-refractivity contribution in [1.29, 1.82) is 0 Å². The summed E-state index contributed by atoms with van der Waals surface area (Å²) in [6.45, 7) is 3.86. The number of ketones is 1. The lowest BCUT2D eigenvalue weighted by molar-refractivity contribution is -0.137. The van der Waals surface area contributed by atoms with Crippen LogP contribution in [0.2, 0.25) is 0 Å². The predicted molar refractivity (Wildman–Crippen MR) is 60.9 cm³/mol. The van der Waals surface area contributed by atoms with Crippen molar-refractivity contribution >= 4 is 11.8 Å². The number of carbonyl (C=O) groups excluding carboxylic acids is 2. The largest absolute Gasteiger partial charge is 0.463 e. The Bertz CT molecular complexity index is 514. The van der Waals surface area contributed by atoms with Crippen LogP contribution >= 0.6 is 0 Å². The summed E-state index contributed by atoms with van der Waals surface area (Å²) in [5, 5.41) is 0. The van der Waals surface area contributed by atoms with Crippen LogP contribution in [-0.2, 0) is 9.53 Å². The highest BCUT2D eigenvalue weighted by molar-refractivity contribution is 6.14. The van der Waals surface area contributed by atoms with Crippen LogP contribution in [0.5, 0.6) is 5.75 Å². The highest BCUT2D eigenvalue weighted by atomic mass is 16.5. The van der Waals surface area contributed by atoms with Crippen molar-refractivity contribution in [1.82, 2.24) is 0 Å². The zero-order valence-electron chi connectivity index (χ0n) is 9.65. The molecular formula is C13H12O4. The van der Waals surface area contributed by atoms with E-state index in [1.165, 1.54) is 0 Å². The van der Waals surface area contributed by atoms with Gasteiger partial charge in [0.1, 0.15) is 5.75 Å². The van der Waals surface area contributed by atoms with Crippen molar-refractivity contribution in [3.63, 3.8) is 0 Å². The Morgan fingerprint density at radius 2 is 2.24 bits per heavy atom. The number of aryl methyl sites for hydroxylation is 1. The second-order valence-corrected chi connectivity index (χ2v) is 3.69. The molecule has 1 aliphatic rings. The maximum Gasteiger partial charge on any atom is 0.334 e. The number of allylic oxidation sites excluding steroid dienone is 1. The fourth-order valence-electron chi connectivity index (χ4n) is 1.59. The molecule has 4 nitrogen and oxygen atoms in total. The molecule has 0 amide bonds. The van der Waals surface area contributed by atoms with Gasteiger partial charge in [-0.25, -0.2) is 4.79 Å². The summed E-state index contributed by atoms with van der Waals surface area (Å²) >= 11 is 0. The number of ether oxygens (including phenoxy) is 2. The van der Waals surface area contributed by atoms with Gasteiger partial charge < -0.3 is 9.47 Å². The summed E-state index contributed by atoms with van der Waals surface area (Å²) in [7, 11) is 0. The third-order valence-electron chi connectivity index (χ3n) is 2.36. The summed E-state index contributed by atoms with van der Waals surface area (Å²) in [4.78, 5) is 23.1. The van der Waals surface area contributed by atoms with Gasteiger partial charge in [0.25, 0.3) is 0 Å². The molecule has 1 aliphatic heterocycles. The fourth-order valence-corrected chi connectivity index (χ4v) is 1.59. The predicted octanol–water partition coefficient (Wildman–Crippen LogP) is 2.02. The number of carbonyl (C=O) groups is 2. The normalized spacial score (nSPS) is 15.6. The van der Waals surface area contributed by atoms with Gasteiger partial charge in [0.2, 0.25) is 5.78 Å². The first-order chi connectivity index (χ1) is 8.11. The third kappa shape index (κ3) is 2.20. The molecular weight excluding hydrogens is 220 g/mol. The summed E-state index contributed by atoms with van der Waals surface area (Å²) < 4.78 is 10.0. The van der Waals surface area contributed by atoms with E-state index in [4.69, 9.17) is 9.47 Å². The summed E-state index contributed by atoms with van der Waals surface area (Å²) in [6, 6.07) is 5.30. The zero-order valence-corrected chi connectivity index (χ0v) is 9.65. The van der Waals surface area contributed by atoms with Crippen molar-refractivity contribution < 1.29 is 19.1 Å². The van der Waals surface area contributed by atoms with Gasteiger partial charge in [-0.3, -0.25) is 4.79 Å². The molecule has 0 unspecified atom stereocenters. The van der Waals surface area contributed by atoms with E-state index in [1.807, 2.05) is 13.0 Å². The smallest absolute Gasteiger partial charge is 0.334 e. The molecule has 0 radical (unpaired) electrons. The molecule has 0 aliphatic carbocycles. The maximum atomic E-state index is 11.9. The Morgan fingerprint density at radius 1 is 1.47 bits per heavy atom. The quantitative estimate of drug-likeness (QED) is 0.578. The lowest BCUT2D eigenvalue weighted by Crippen LogP contribution is -2.06. The van der Waals surface area contributed by atoms with Gasteiger partial charge in [-0.2, -0.15) is 0 Å². The lowest BCUT2D eigenvalue weighted by Gasteiger charge is -1.98. The van der Waals surface area contributed by atoms with E-state index in [-0.39, 0.29) is 18.1 Å². The first-order valence-corrected chi connectivity index (χ1v) is 5.33. The van der Waals surface area contributed by atoms with Crippen molar-refractivity contribution in [3.8, 4) is 5.75 Å². The van der Waals surface area contributed by atoms with E-state index in [0.717, 1.165) is 11.6 Å². The molecule has 0 atom stereocenters. The van der Waals surface area contributed by atoms with E-state index in [1.54, 1.807) is 19.1 Å². The van der Waals surface area contributed by atoms with Crippen LogP contribution in [0, 0.1) is 6.92 Å². The van der Waals surface area contributed by atoms with Gasteiger partial charge in [-0.1, -0.05) is 11.6 Å². The number of benzene rings is 1. The van der Waals surface area contributed by atoms with Gasteiger partial charge in [-0.05, 0) is 26.0 Å². The van der Waals surface area contributed by atoms with Gasteiger partial charge in [-0.15, -0.1) is 0 Å². The summed E-state index contributed by atoms with van der Waals surface area (Å²) in [5.74, 6) is -0.350. The highest BCUT2D eigenvalue weighted by Gasteiger charge is 2.28. The Hall–Kier alpha value is -2.10. The average molecular weight is 232 g/mol. The van der Waals surface area contributed by atoms with Crippen molar-refractivity contribution in [2.24, 2.45) is 0 Å². The van der Waals surface area contributed by atoms with Gasteiger partial charge >= 0.3 is 5.97 Å². The first-order valence-electron chi connectivity index (χ1n) is 5.33. The SMILES string of the molecule is CCOC(=O)/C=C1\Oc2ccc(C)cc2C1=O. The van der Waals surface area contributed by atoms with Crippen LogP contribution in [0.15, 0.2) is 30.0 Å².